The van der Waals surface area contributed by atoms with Gasteiger partial charge in [-0.15, -0.1) is 11.3 Å². The van der Waals surface area contributed by atoms with Crippen LogP contribution in [-0.4, -0.2) is 12.0 Å². The van der Waals surface area contributed by atoms with Gasteiger partial charge in [0, 0.05) is 22.5 Å². The van der Waals surface area contributed by atoms with E-state index in [4.69, 9.17) is 0 Å². The molecular weight excluding hydrogens is 260 g/mol. The zero-order valence-electron chi connectivity index (χ0n) is 7.62. The highest BCUT2D eigenvalue weighted by Crippen LogP contribution is 2.30. The van der Waals surface area contributed by atoms with E-state index in [2.05, 4.69) is 32.3 Å². The van der Waals surface area contributed by atoms with Crippen LogP contribution in [0.25, 0.3) is 11.3 Å². The number of thiazole rings is 1. The SMILES string of the molecule is CNc1nc(-c2ccccc2Br)cs1. The number of aromatic nitrogens is 1. The Morgan fingerprint density at radius 2 is 2.14 bits per heavy atom. The topological polar surface area (TPSA) is 24.9 Å². The predicted octanol–water partition coefficient (Wildman–Crippen LogP) is 3.61. The number of halogens is 1. The summed E-state index contributed by atoms with van der Waals surface area (Å²) in [5.74, 6) is 0. The van der Waals surface area contributed by atoms with Gasteiger partial charge in [0.15, 0.2) is 5.13 Å². The molecule has 0 fully saturated rings. The largest absolute Gasteiger partial charge is 0.365 e. The molecule has 0 atom stereocenters. The zero-order valence-corrected chi connectivity index (χ0v) is 10.0. The molecule has 2 nitrogen and oxygen atoms in total. The molecule has 72 valence electrons. The molecule has 0 aliphatic heterocycles. The Balaban J connectivity index is 2.44. The lowest BCUT2D eigenvalue weighted by Gasteiger charge is -1.98. The van der Waals surface area contributed by atoms with Crippen molar-refractivity contribution in [2.45, 2.75) is 0 Å². The Kier molecular flexibility index (Phi) is 2.84. The number of benzene rings is 1. The minimum absolute atomic E-state index is 0.941. The highest BCUT2D eigenvalue weighted by atomic mass is 79.9. The molecule has 0 aliphatic carbocycles. The molecule has 2 rings (SSSR count). The maximum absolute atomic E-state index is 4.44. The van der Waals surface area contributed by atoms with Crippen LogP contribution in [0.4, 0.5) is 5.13 Å². The molecule has 0 aliphatic rings. The predicted molar refractivity (Wildman–Crippen MR) is 64.8 cm³/mol. The standard InChI is InChI=1S/C10H9BrN2S/c1-12-10-13-9(6-14-10)7-4-2-3-5-8(7)11/h2-6H,1H3,(H,12,13). The van der Waals surface area contributed by atoms with Crippen LogP contribution in [0.3, 0.4) is 0 Å². The molecule has 2 aromatic rings. The van der Waals surface area contributed by atoms with Gasteiger partial charge in [-0.1, -0.05) is 34.1 Å². The summed E-state index contributed by atoms with van der Waals surface area (Å²) in [7, 11) is 1.88. The number of nitrogens with one attached hydrogen (secondary N) is 1. The molecule has 1 N–H and O–H groups in total. The lowest BCUT2D eigenvalue weighted by molar-refractivity contribution is 1.36. The van der Waals surface area contributed by atoms with E-state index in [1.807, 2.05) is 30.6 Å². The number of rotatable bonds is 2. The molecule has 0 unspecified atom stereocenters. The molecule has 0 radical (unpaired) electrons. The number of nitrogens with zero attached hydrogens (tertiary/aromatic N) is 1. The summed E-state index contributed by atoms with van der Waals surface area (Å²) in [6.07, 6.45) is 0. The van der Waals surface area contributed by atoms with E-state index < -0.39 is 0 Å². The van der Waals surface area contributed by atoms with Gasteiger partial charge in [-0.05, 0) is 6.07 Å². The summed E-state index contributed by atoms with van der Waals surface area (Å²) in [5.41, 5.74) is 2.14. The van der Waals surface area contributed by atoms with Crippen molar-refractivity contribution in [3.63, 3.8) is 0 Å². The summed E-state index contributed by atoms with van der Waals surface area (Å²) >= 11 is 5.12. The third kappa shape index (κ3) is 1.81. The number of hydrogen-bond donors (Lipinski definition) is 1. The summed E-state index contributed by atoms with van der Waals surface area (Å²) < 4.78 is 1.08. The monoisotopic (exact) mass is 268 g/mol. The van der Waals surface area contributed by atoms with Crippen LogP contribution in [0, 0.1) is 0 Å². The minimum atomic E-state index is 0.941. The molecule has 0 saturated carbocycles. The van der Waals surface area contributed by atoms with Crippen molar-refractivity contribution in [1.82, 2.24) is 4.98 Å². The van der Waals surface area contributed by atoms with Gasteiger partial charge in [0.05, 0.1) is 5.69 Å². The Labute approximate surface area is 95.1 Å². The molecule has 1 aromatic carbocycles. The second-order valence-electron chi connectivity index (χ2n) is 2.77. The fourth-order valence-corrected chi connectivity index (χ4v) is 2.34. The van der Waals surface area contributed by atoms with Crippen molar-refractivity contribution < 1.29 is 0 Å². The van der Waals surface area contributed by atoms with Crippen LogP contribution < -0.4 is 5.32 Å². The fraction of sp³-hybridized carbons (Fsp3) is 0.100. The first-order chi connectivity index (χ1) is 6.81. The Morgan fingerprint density at radius 1 is 1.36 bits per heavy atom. The van der Waals surface area contributed by atoms with Crippen molar-refractivity contribution in [1.29, 1.82) is 0 Å². The Hall–Kier alpha value is -0.870. The van der Waals surface area contributed by atoms with Gasteiger partial charge in [-0.3, -0.25) is 0 Å². The normalized spacial score (nSPS) is 10.1. The average Bonchev–Trinajstić information content (AvgIpc) is 2.67. The lowest BCUT2D eigenvalue weighted by Crippen LogP contribution is -1.86. The molecule has 0 saturated heterocycles. The van der Waals surface area contributed by atoms with Crippen LogP contribution in [0.1, 0.15) is 0 Å². The lowest BCUT2D eigenvalue weighted by atomic mass is 10.2. The van der Waals surface area contributed by atoms with Crippen molar-refractivity contribution in [3.8, 4) is 11.3 Å². The summed E-state index contributed by atoms with van der Waals surface area (Å²) in [6.45, 7) is 0. The van der Waals surface area contributed by atoms with Gasteiger partial charge < -0.3 is 5.32 Å². The molecule has 4 heteroatoms. The number of anilines is 1. The van der Waals surface area contributed by atoms with Crippen LogP contribution >= 0.6 is 27.3 Å². The Morgan fingerprint density at radius 3 is 2.79 bits per heavy atom. The third-order valence-corrected chi connectivity index (χ3v) is 3.42. The van der Waals surface area contributed by atoms with Crippen molar-refractivity contribution >= 4 is 32.4 Å². The molecule has 0 amide bonds. The second-order valence-corrected chi connectivity index (χ2v) is 4.48. The molecular formula is C10H9BrN2S. The first-order valence-corrected chi connectivity index (χ1v) is 5.86. The average molecular weight is 269 g/mol. The maximum atomic E-state index is 4.44. The second kappa shape index (κ2) is 4.11. The summed E-state index contributed by atoms with van der Waals surface area (Å²) in [4.78, 5) is 4.44. The fourth-order valence-electron chi connectivity index (χ4n) is 1.18. The van der Waals surface area contributed by atoms with Crippen molar-refractivity contribution in [3.05, 3.63) is 34.1 Å². The van der Waals surface area contributed by atoms with E-state index in [1.54, 1.807) is 11.3 Å². The third-order valence-electron chi connectivity index (χ3n) is 1.87. The van der Waals surface area contributed by atoms with E-state index in [1.165, 1.54) is 0 Å². The highest BCUT2D eigenvalue weighted by molar-refractivity contribution is 9.10. The van der Waals surface area contributed by atoms with E-state index in [9.17, 15) is 0 Å². The van der Waals surface area contributed by atoms with Gasteiger partial charge in [0.1, 0.15) is 0 Å². The highest BCUT2D eigenvalue weighted by Gasteiger charge is 2.05. The van der Waals surface area contributed by atoms with Crippen molar-refractivity contribution in [2.24, 2.45) is 0 Å². The van der Waals surface area contributed by atoms with Crippen LogP contribution in [0.5, 0.6) is 0 Å². The van der Waals surface area contributed by atoms with E-state index in [0.717, 1.165) is 20.9 Å². The van der Waals surface area contributed by atoms with Gasteiger partial charge in [0.2, 0.25) is 0 Å². The van der Waals surface area contributed by atoms with Crippen LogP contribution in [0.15, 0.2) is 34.1 Å². The first-order valence-electron chi connectivity index (χ1n) is 4.19. The van der Waals surface area contributed by atoms with Gasteiger partial charge >= 0.3 is 0 Å². The molecule has 14 heavy (non-hydrogen) atoms. The molecule has 1 heterocycles. The smallest absolute Gasteiger partial charge is 0.182 e. The molecule has 1 aromatic heterocycles. The maximum Gasteiger partial charge on any atom is 0.182 e. The van der Waals surface area contributed by atoms with Crippen LogP contribution in [-0.2, 0) is 0 Å². The van der Waals surface area contributed by atoms with E-state index >= 15 is 0 Å². The van der Waals surface area contributed by atoms with Gasteiger partial charge in [0.25, 0.3) is 0 Å². The van der Waals surface area contributed by atoms with E-state index in [0.29, 0.717) is 0 Å². The summed E-state index contributed by atoms with van der Waals surface area (Å²) in [5, 5.41) is 6.02. The first kappa shape index (κ1) is 9.68. The number of hydrogen-bond acceptors (Lipinski definition) is 3. The van der Waals surface area contributed by atoms with Crippen molar-refractivity contribution in [2.75, 3.05) is 12.4 Å². The van der Waals surface area contributed by atoms with Crippen LogP contribution in [0.2, 0.25) is 0 Å². The van der Waals surface area contributed by atoms with Gasteiger partial charge in [-0.2, -0.15) is 0 Å². The Bertz CT molecular complexity index is 439. The zero-order chi connectivity index (χ0) is 9.97. The quantitative estimate of drug-likeness (QED) is 0.900. The summed E-state index contributed by atoms with van der Waals surface area (Å²) in [6, 6.07) is 8.09. The minimum Gasteiger partial charge on any atom is -0.365 e. The molecule has 0 bridgehead atoms. The van der Waals surface area contributed by atoms with Gasteiger partial charge in [-0.25, -0.2) is 4.98 Å². The molecule has 0 spiro atoms. The van der Waals surface area contributed by atoms with E-state index in [-0.39, 0.29) is 0 Å².